The van der Waals surface area contributed by atoms with Crippen LogP contribution in [0.15, 0.2) is 59.5 Å². The first-order valence-electron chi connectivity index (χ1n) is 7.99. The molecule has 134 valence electrons. The van der Waals surface area contributed by atoms with E-state index in [1.807, 2.05) is 37.3 Å². The summed E-state index contributed by atoms with van der Waals surface area (Å²) in [7, 11) is -3.89. The summed E-state index contributed by atoms with van der Waals surface area (Å²) in [4.78, 5) is 12.4. The molecular weight excluding hydrogens is 338 g/mol. The van der Waals surface area contributed by atoms with Crippen molar-refractivity contribution in [3.05, 3.63) is 65.7 Å². The van der Waals surface area contributed by atoms with Crippen LogP contribution < -0.4 is 5.32 Å². The van der Waals surface area contributed by atoms with Gasteiger partial charge < -0.3 is 5.32 Å². The van der Waals surface area contributed by atoms with E-state index in [1.165, 1.54) is 12.1 Å². The van der Waals surface area contributed by atoms with Crippen LogP contribution in [-0.2, 0) is 25.6 Å². The molecular formula is C19H23NO4S. The van der Waals surface area contributed by atoms with E-state index in [0.717, 1.165) is 11.1 Å². The fourth-order valence-corrected chi connectivity index (χ4v) is 3.14. The molecule has 0 aliphatic carbocycles. The van der Waals surface area contributed by atoms with Crippen molar-refractivity contribution in [3.8, 4) is 0 Å². The fraction of sp³-hybridized carbons (Fsp3) is 0.316. The largest absolute Gasteiger partial charge is 0.351 e. The minimum Gasteiger partial charge on any atom is -0.351 e. The third-order valence-corrected chi connectivity index (χ3v) is 5.07. The van der Waals surface area contributed by atoms with Crippen LogP contribution in [0.3, 0.4) is 0 Å². The summed E-state index contributed by atoms with van der Waals surface area (Å²) in [5.74, 6) is -0.268. The van der Waals surface area contributed by atoms with Crippen LogP contribution in [-0.4, -0.2) is 20.9 Å². The molecule has 0 atom stereocenters. The van der Waals surface area contributed by atoms with Gasteiger partial charge in [0.05, 0.1) is 16.9 Å². The maximum absolute atomic E-state index is 12.4. The number of hydrogen-bond donors (Lipinski definition) is 1. The van der Waals surface area contributed by atoms with Crippen molar-refractivity contribution in [1.29, 1.82) is 0 Å². The van der Waals surface area contributed by atoms with Gasteiger partial charge in [-0.25, -0.2) is 0 Å². The highest BCUT2D eigenvalue weighted by Crippen LogP contribution is 2.20. The topological polar surface area (TPSA) is 72.5 Å². The lowest BCUT2D eigenvalue weighted by atomic mass is 9.94. The highest BCUT2D eigenvalue weighted by atomic mass is 32.2. The molecule has 2 aromatic carbocycles. The molecule has 0 heterocycles. The zero-order valence-electron chi connectivity index (χ0n) is 14.7. The lowest BCUT2D eigenvalue weighted by Crippen LogP contribution is -2.40. The summed E-state index contributed by atoms with van der Waals surface area (Å²) in [5.41, 5.74) is 0.950. The third kappa shape index (κ3) is 5.41. The molecule has 0 aliphatic heterocycles. The number of aryl methyl sites for hydroxylation is 1. The van der Waals surface area contributed by atoms with Gasteiger partial charge in [-0.05, 0) is 38.5 Å². The Morgan fingerprint density at radius 2 is 1.64 bits per heavy atom. The van der Waals surface area contributed by atoms with Gasteiger partial charge in [-0.2, -0.15) is 8.42 Å². The van der Waals surface area contributed by atoms with E-state index in [9.17, 15) is 13.2 Å². The summed E-state index contributed by atoms with van der Waals surface area (Å²) in [6.45, 7) is 5.32. The number of hydrogen-bond acceptors (Lipinski definition) is 4. The second-order valence-electron chi connectivity index (χ2n) is 6.58. The standard InChI is InChI=1S/C19H23NO4S/c1-15-9-11-17(12-10-15)25(22,23)24-14-19(2,3)18(21)20-13-16-7-5-4-6-8-16/h4-12H,13-14H2,1-3H3,(H,20,21). The summed E-state index contributed by atoms with van der Waals surface area (Å²) in [6.07, 6.45) is 0. The van der Waals surface area contributed by atoms with Crippen LogP contribution in [0, 0.1) is 12.3 Å². The molecule has 0 saturated heterocycles. The maximum atomic E-state index is 12.4. The van der Waals surface area contributed by atoms with Gasteiger partial charge in [-0.3, -0.25) is 8.98 Å². The number of nitrogens with one attached hydrogen (secondary N) is 1. The normalized spacial score (nSPS) is 12.0. The predicted octanol–water partition coefficient (Wildman–Crippen LogP) is 3.04. The van der Waals surface area contributed by atoms with Crippen molar-refractivity contribution >= 4 is 16.0 Å². The van der Waals surface area contributed by atoms with Crippen molar-refractivity contribution in [2.75, 3.05) is 6.61 Å². The number of rotatable bonds is 7. The molecule has 6 heteroatoms. The minimum atomic E-state index is -3.89. The van der Waals surface area contributed by atoms with E-state index in [1.54, 1.807) is 26.0 Å². The first kappa shape index (κ1) is 19.1. The van der Waals surface area contributed by atoms with E-state index in [4.69, 9.17) is 4.18 Å². The Labute approximate surface area is 149 Å². The molecule has 0 saturated carbocycles. The lowest BCUT2D eigenvalue weighted by molar-refractivity contribution is -0.130. The molecule has 2 aromatic rings. The van der Waals surface area contributed by atoms with Crippen molar-refractivity contribution in [2.45, 2.75) is 32.2 Å². The molecule has 0 spiro atoms. The van der Waals surface area contributed by atoms with E-state index in [0.29, 0.717) is 6.54 Å². The molecule has 0 fully saturated rings. The Morgan fingerprint density at radius 3 is 2.24 bits per heavy atom. The number of carbonyl (C=O) groups is 1. The van der Waals surface area contributed by atoms with Crippen LogP contribution in [0.25, 0.3) is 0 Å². The molecule has 0 aliphatic rings. The number of amides is 1. The predicted molar refractivity (Wildman–Crippen MR) is 96.4 cm³/mol. The summed E-state index contributed by atoms with van der Waals surface area (Å²) < 4.78 is 29.6. The molecule has 1 N–H and O–H groups in total. The van der Waals surface area contributed by atoms with Crippen molar-refractivity contribution in [1.82, 2.24) is 5.32 Å². The fourth-order valence-electron chi connectivity index (χ4n) is 2.08. The zero-order valence-corrected chi connectivity index (χ0v) is 15.5. The Hall–Kier alpha value is -2.18. The third-order valence-electron chi connectivity index (χ3n) is 3.80. The Morgan fingerprint density at radius 1 is 1.04 bits per heavy atom. The molecule has 5 nitrogen and oxygen atoms in total. The zero-order chi connectivity index (χ0) is 18.5. The maximum Gasteiger partial charge on any atom is 0.297 e. The highest BCUT2D eigenvalue weighted by Gasteiger charge is 2.30. The van der Waals surface area contributed by atoms with E-state index >= 15 is 0 Å². The molecule has 0 aromatic heterocycles. The van der Waals surface area contributed by atoms with Gasteiger partial charge in [0, 0.05) is 6.54 Å². The molecule has 1 amide bonds. The first-order chi connectivity index (χ1) is 11.7. The second kappa shape index (κ2) is 7.80. The highest BCUT2D eigenvalue weighted by molar-refractivity contribution is 7.86. The van der Waals surface area contributed by atoms with Crippen LogP contribution in [0.2, 0.25) is 0 Å². The number of carbonyl (C=O) groups excluding carboxylic acids is 1. The van der Waals surface area contributed by atoms with Gasteiger partial charge in [0.15, 0.2) is 0 Å². The quantitative estimate of drug-likeness (QED) is 0.770. The van der Waals surface area contributed by atoms with Gasteiger partial charge >= 0.3 is 0 Å². The Kier molecular flexibility index (Phi) is 5.98. The molecule has 0 bridgehead atoms. The summed E-state index contributed by atoms with van der Waals surface area (Å²) in [6, 6.07) is 15.9. The SMILES string of the molecule is Cc1ccc(S(=O)(=O)OCC(C)(C)C(=O)NCc2ccccc2)cc1. The monoisotopic (exact) mass is 361 g/mol. The van der Waals surface area contributed by atoms with Crippen LogP contribution in [0.4, 0.5) is 0 Å². The number of benzene rings is 2. The molecule has 2 rings (SSSR count). The molecule has 0 radical (unpaired) electrons. The Balaban J connectivity index is 1.95. The first-order valence-corrected chi connectivity index (χ1v) is 9.40. The van der Waals surface area contributed by atoms with Gasteiger partial charge in [0.1, 0.15) is 0 Å². The van der Waals surface area contributed by atoms with Gasteiger partial charge in [-0.15, -0.1) is 0 Å². The van der Waals surface area contributed by atoms with Gasteiger partial charge in [0.25, 0.3) is 10.1 Å². The van der Waals surface area contributed by atoms with Crippen molar-refractivity contribution in [3.63, 3.8) is 0 Å². The van der Waals surface area contributed by atoms with E-state index < -0.39 is 15.5 Å². The second-order valence-corrected chi connectivity index (χ2v) is 8.20. The summed E-state index contributed by atoms with van der Waals surface area (Å²) in [5, 5.41) is 2.81. The molecule has 0 unspecified atom stereocenters. The van der Waals surface area contributed by atoms with Gasteiger partial charge in [-0.1, -0.05) is 48.0 Å². The molecule has 25 heavy (non-hydrogen) atoms. The smallest absolute Gasteiger partial charge is 0.297 e. The lowest BCUT2D eigenvalue weighted by Gasteiger charge is -2.23. The van der Waals surface area contributed by atoms with Gasteiger partial charge in [0.2, 0.25) is 5.91 Å². The van der Waals surface area contributed by atoms with Crippen LogP contribution >= 0.6 is 0 Å². The van der Waals surface area contributed by atoms with E-state index in [2.05, 4.69) is 5.32 Å². The average Bonchev–Trinajstić information content (AvgIpc) is 2.59. The van der Waals surface area contributed by atoms with Crippen LogP contribution in [0.5, 0.6) is 0 Å². The average molecular weight is 361 g/mol. The van der Waals surface area contributed by atoms with Crippen LogP contribution in [0.1, 0.15) is 25.0 Å². The van der Waals surface area contributed by atoms with Crippen molar-refractivity contribution < 1.29 is 17.4 Å². The van der Waals surface area contributed by atoms with Crippen molar-refractivity contribution in [2.24, 2.45) is 5.41 Å². The minimum absolute atomic E-state index is 0.0820. The summed E-state index contributed by atoms with van der Waals surface area (Å²) >= 11 is 0. The van der Waals surface area contributed by atoms with E-state index in [-0.39, 0.29) is 17.4 Å². The Bertz CT molecular complexity index is 812.